The summed E-state index contributed by atoms with van der Waals surface area (Å²) in [6.07, 6.45) is -2.44. The molecule has 0 unspecified atom stereocenters. The molecule has 0 amide bonds. The van der Waals surface area contributed by atoms with Crippen molar-refractivity contribution in [3.8, 4) is 0 Å². The molecule has 0 bridgehead atoms. The van der Waals surface area contributed by atoms with E-state index in [4.69, 9.17) is 4.74 Å². The van der Waals surface area contributed by atoms with Crippen LogP contribution in [0.2, 0.25) is 0 Å². The molecule has 7 heteroatoms. The van der Waals surface area contributed by atoms with Gasteiger partial charge in [0.2, 0.25) is 0 Å². The molecule has 1 aromatic heterocycles. The third kappa shape index (κ3) is 3.21. The first-order valence-electron chi connectivity index (χ1n) is 4.52. The lowest BCUT2D eigenvalue weighted by Gasteiger charge is -2.06. The van der Waals surface area contributed by atoms with Crippen molar-refractivity contribution in [2.45, 2.75) is 26.1 Å². The topological polar surface area (TPSA) is 52.0 Å². The van der Waals surface area contributed by atoms with Gasteiger partial charge in [-0.2, -0.15) is 0 Å². The SMILES string of the molecule is CNCc1nnn(CC(F)F)c1COC. The van der Waals surface area contributed by atoms with Gasteiger partial charge in [-0.05, 0) is 7.05 Å². The minimum Gasteiger partial charge on any atom is -0.378 e. The Bertz CT molecular complexity index is 303. The second kappa shape index (κ2) is 5.72. The van der Waals surface area contributed by atoms with E-state index in [1.165, 1.54) is 11.8 Å². The second-order valence-electron chi connectivity index (χ2n) is 3.02. The van der Waals surface area contributed by atoms with E-state index in [0.29, 0.717) is 17.9 Å². The molecule has 0 aromatic carbocycles. The summed E-state index contributed by atoms with van der Waals surface area (Å²) in [5, 5.41) is 10.4. The summed E-state index contributed by atoms with van der Waals surface area (Å²) < 4.78 is 30.5. The number of nitrogens with zero attached hydrogens (tertiary/aromatic N) is 3. The van der Waals surface area contributed by atoms with Crippen LogP contribution in [0, 0.1) is 0 Å². The van der Waals surface area contributed by atoms with Crippen LogP contribution in [-0.4, -0.2) is 35.6 Å². The van der Waals surface area contributed by atoms with Gasteiger partial charge in [0.1, 0.15) is 12.2 Å². The molecule has 1 rings (SSSR count). The van der Waals surface area contributed by atoms with Crippen LogP contribution in [0.25, 0.3) is 0 Å². The van der Waals surface area contributed by atoms with Gasteiger partial charge < -0.3 is 10.1 Å². The van der Waals surface area contributed by atoms with Crippen LogP contribution < -0.4 is 5.32 Å². The molecule has 0 aliphatic rings. The first-order chi connectivity index (χ1) is 7.19. The molecule has 1 N–H and O–H groups in total. The Morgan fingerprint density at radius 1 is 1.53 bits per heavy atom. The molecule has 0 spiro atoms. The van der Waals surface area contributed by atoms with Crippen molar-refractivity contribution in [3.63, 3.8) is 0 Å². The quantitative estimate of drug-likeness (QED) is 0.754. The number of methoxy groups -OCH3 is 1. The van der Waals surface area contributed by atoms with Crippen LogP contribution in [0.4, 0.5) is 8.78 Å². The summed E-state index contributed by atoms with van der Waals surface area (Å²) in [5.41, 5.74) is 1.23. The molecule has 0 aliphatic carbocycles. The van der Waals surface area contributed by atoms with Crippen LogP contribution in [0.15, 0.2) is 0 Å². The van der Waals surface area contributed by atoms with E-state index in [0.717, 1.165) is 0 Å². The standard InChI is InChI=1S/C8H14F2N4O/c1-11-3-6-7(5-15-2)14(13-12-6)4-8(9)10/h8,11H,3-5H2,1-2H3. The van der Waals surface area contributed by atoms with E-state index in [1.54, 1.807) is 7.05 Å². The molecule has 15 heavy (non-hydrogen) atoms. The zero-order valence-electron chi connectivity index (χ0n) is 8.70. The first-order valence-corrected chi connectivity index (χ1v) is 4.52. The third-order valence-electron chi connectivity index (χ3n) is 1.85. The fourth-order valence-electron chi connectivity index (χ4n) is 1.25. The minimum absolute atomic E-state index is 0.233. The van der Waals surface area contributed by atoms with Crippen molar-refractivity contribution in [2.24, 2.45) is 0 Å². The number of rotatable bonds is 6. The number of hydrogen-bond acceptors (Lipinski definition) is 4. The van der Waals surface area contributed by atoms with Gasteiger partial charge in [0.15, 0.2) is 0 Å². The maximum Gasteiger partial charge on any atom is 0.257 e. The van der Waals surface area contributed by atoms with Crippen molar-refractivity contribution in [2.75, 3.05) is 14.2 Å². The molecule has 0 atom stereocenters. The smallest absolute Gasteiger partial charge is 0.257 e. The van der Waals surface area contributed by atoms with Crippen molar-refractivity contribution in [3.05, 3.63) is 11.4 Å². The van der Waals surface area contributed by atoms with Gasteiger partial charge in [0, 0.05) is 13.7 Å². The molecule has 0 aliphatic heterocycles. The largest absolute Gasteiger partial charge is 0.378 e. The van der Waals surface area contributed by atoms with Crippen molar-refractivity contribution in [1.29, 1.82) is 0 Å². The molecule has 1 aromatic rings. The number of alkyl halides is 2. The average Bonchev–Trinajstić information content (AvgIpc) is 2.51. The van der Waals surface area contributed by atoms with E-state index < -0.39 is 13.0 Å². The molecule has 86 valence electrons. The molecule has 0 saturated heterocycles. The lowest BCUT2D eigenvalue weighted by Crippen LogP contribution is -2.14. The summed E-state index contributed by atoms with van der Waals surface area (Å²) in [6, 6.07) is 0. The Hall–Kier alpha value is -1.08. The van der Waals surface area contributed by atoms with Crippen molar-refractivity contribution >= 4 is 0 Å². The van der Waals surface area contributed by atoms with Crippen LogP contribution in [0.1, 0.15) is 11.4 Å². The van der Waals surface area contributed by atoms with Gasteiger partial charge in [0.05, 0.1) is 12.3 Å². The number of nitrogens with one attached hydrogen (secondary N) is 1. The number of ether oxygens (including phenoxy) is 1. The van der Waals surface area contributed by atoms with Gasteiger partial charge in [-0.15, -0.1) is 5.10 Å². The predicted molar refractivity (Wildman–Crippen MR) is 49.5 cm³/mol. The molecule has 0 fully saturated rings. The van der Waals surface area contributed by atoms with Gasteiger partial charge in [-0.1, -0.05) is 5.21 Å². The summed E-state index contributed by atoms with van der Waals surface area (Å²) in [6.45, 7) is 0.272. The van der Waals surface area contributed by atoms with Crippen LogP contribution in [0.5, 0.6) is 0 Å². The minimum atomic E-state index is -2.44. The summed E-state index contributed by atoms with van der Waals surface area (Å²) >= 11 is 0. The maximum absolute atomic E-state index is 12.2. The Balaban J connectivity index is 2.84. The summed E-state index contributed by atoms with van der Waals surface area (Å²) in [4.78, 5) is 0. The Morgan fingerprint density at radius 3 is 2.80 bits per heavy atom. The van der Waals surface area contributed by atoms with Crippen LogP contribution in [-0.2, 0) is 24.4 Å². The Kier molecular flexibility index (Phi) is 4.57. The van der Waals surface area contributed by atoms with Crippen molar-refractivity contribution in [1.82, 2.24) is 20.3 Å². The highest BCUT2D eigenvalue weighted by atomic mass is 19.3. The fourth-order valence-corrected chi connectivity index (χ4v) is 1.25. The van der Waals surface area contributed by atoms with Crippen LogP contribution in [0.3, 0.4) is 0 Å². The third-order valence-corrected chi connectivity index (χ3v) is 1.85. The second-order valence-corrected chi connectivity index (χ2v) is 3.02. The molecule has 0 saturated carbocycles. The highest BCUT2D eigenvalue weighted by Crippen LogP contribution is 2.09. The highest BCUT2D eigenvalue weighted by Gasteiger charge is 2.15. The highest BCUT2D eigenvalue weighted by molar-refractivity contribution is 5.09. The molecular weight excluding hydrogens is 206 g/mol. The molecule has 0 radical (unpaired) electrons. The number of aromatic nitrogens is 3. The lowest BCUT2D eigenvalue weighted by molar-refractivity contribution is 0.113. The summed E-state index contributed by atoms with van der Waals surface area (Å²) in [7, 11) is 3.26. The van der Waals surface area contributed by atoms with E-state index in [9.17, 15) is 8.78 Å². The first kappa shape index (κ1) is 12.0. The molecule has 5 nitrogen and oxygen atoms in total. The van der Waals surface area contributed by atoms with Crippen LogP contribution >= 0.6 is 0 Å². The van der Waals surface area contributed by atoms with Gasteiger partial charge in [0.25, 0.3) is 6.43 Å². The average molecular weight is 220 g/mol. The lowest BCUT2D eigenvalue weighted by atomic mass is 10.3. The van der Waals surface area contributed by atoms with Gasteiger partial charge >= 0.3 is 0 Å². The van der Waals surface area contributed by atoms with E-state index >= 15 is 0 Å². The van der Waals surface area contributed by atoms with E-state index in [-0.39, 0.29) is 6.61 Å². The fraction of sp³-hybridized carbons (Fsp3) is 0.750. The van der Waals surface area contributed by atoms with Crippen molar-refractivity contribution < 1.29 is 13.5 Å². The van der Waals surface area contributed by atoms with E-state index in [1.807, 2.05) is 0 Å². The monoisotopic (exact) mass is 220 g/mol. The maximum atomic E-state index is 12.2. The number of hydrogen-bond donors (Lipinski definition) is 1. The predicted octanol–water partition coefficient (Wildman–Crippen LogP) is 0.409. The summed E-state index contributed by atoms with van der Waals surface area (Å²) in [5.74, 6) is 0. The van der Waals surface area contributed by atoms with Gasteiger partial charge in [-0.3, -0.25) is 0 Å². The van der Waals surface area contributed by atoms with E-state index in [2.05, 4.69) is 15.6 Å². The van der Waals surface area contributed by atoms with Gasteiger partial charge in [-0.25, -0.2) is 13.5 Å². The zero-order valence-corrected chi connectivity index (χ0v) is 8.70. The number of halogens is 2. The zero-order chi connectivity index (χ0) is 11.3. The molecular formula is C8H14F2N4O. The normalized spacial score (nSPS) is 11.3. The molecule has 1 heterocycles. The Labute approximate surface area is 86.4 Å². The Morgan fingerprint density at radius 2 is 2.27 bits per heavy atom.